The second kappa shape index (κ2) is 5.18. The Morgan fingerprint density at radius 2 is 1.50 bits per heavy atom. The highest BCUT2D eigenvalue weighted by Gasteiger charge is 1.72. The van der Waals surface area contributed by atoms with Crippen LogP contribution in [-0.2, 0) is 0 Å². The van der Waals surface area contributed by atoms with Gasteiger partial charge in [0, 0.05) is 0 Å². The minimum Gasteiger partial charge on any atom is -0.310 e. The molecule has 0 spiro atoms. The van der Waals surface area contributed by atoms with Crippen molar-refractivity contribution in [2.24, 2.45) is 0 Å². The lowest BCUT2D eigenvalue weighted by molar-refractivity contribution is 0.434. The van der Waals surface area contributed by atoms with Gasteiger partial charge in [0.15, 0.2) is 0 Å². The second-order valence-electron chi connectivity index (χ2n) is 1.40. The van der Waals surface area contributed by atoms with E-state index < -0.39 is 0 Å². The van der Waals surface area contributed by atoms with E-state index in [0.29, 0.717) is 0 Å². The van der Waals surface area contributed by atoms with Gasteiger partial charge in [-0.1, -0.05) is 6.92 Å². The highest BCUT2D eigenvalue weighted by atomic mass is 28.1. The minimum absolute atomic E-state index is 0. The van der Waals surface area contributed by atoms with Gasteiger partial charge in [0.1, 0.15) is 0 Å². The summed E-state index contributed by atoms with van der Waals surface area (Å²) in [7, 11) is 4.11. The molecule has 0 aromatic heterocycles. The maximum Gasteiger partial charge on any atom is -0.00533 e. The zero-order valence-electron chi connectivity index (χ0n) is 4.15. The Balaban J connectivity index is 0. The first-order chi connectivity index (χ1) is 2.27. The molecule has 0 aliphatic rings. The summed E-state index contributed by atoms with van der Waals surface area (Å²) in [5.74, 6) is 0. The second-order valence-corrected chi connectivity index (χ2v) is 1.40. The summed E-state index contributed by atoms with van der Waals surface area (Å²) in [4.78, 5) is 2.12. The lowest BCUT2D eigenvalue weighted by Crippen LogP contribution is -2.08. The fourth-order valence-electron chi connectivity index (χ4n) is 0. The van der Waals surface area contributed by atoms with Crippen molar-refractivity contribution >= 4 is 11.0 Å². The number of nitrogens with zero attached hydrogens (tertiary/aromatic N) is 1. The third kappa shape index (κ3) is 8.90. The van der Waals surface area contributed by atoms with Crippen molar-refractivity contribution in [1.82, 2.24) is 4.90 Å². The van der Waals surface area contributed by atoms with E-state index in [2.05, 4.69) is 25.9 Å². The van der Waals surface area contributed by atoms with Crippen molar-refractivity contribution in [2.75, 3.05) is 20.6 Å². The van der Waals surface area contributed by atoms with Crippen LogP contribution < -0.4 is 0 Å². The first kappa shape index (κ1) is 9.49. The number of rotatable bonds is 1. The molecule has 2 heteroatoms. The summed E-state index contributed by atoms with van der Waals surface area (Å²) in [5, 5.41) is 0. The van der Waals surface area contributed by atoms with Crippen molar-refractivity contribution in [3.8, 4) is 0 Å². The molecule has 0 atom stereocenters. The molecule has 6 heavy (non-hydrogen) atoms. The molecule has 40 valence electrons. The monoisotopic (exact) mass is 105 g/mol. The Bertz CT molecular complexity index is 21.5. The molecule has 0 aliphatic heterocycles. The van der Waals surface area contributed by atoms with Gasteiger partial charge in [-0.3, -0.25) is 0 Å². The fraction of sp³-hybridized carbons (Fsp3) is 1.00. The number of hydrogen-bond donors (Lipinski definition) is 0. The van der Waals surface area contributed by atoms with Crippen molar-refractivity contribution in [3.05, 3.63) is 0 Å². The maximum atomic E-state index is 2.12. The van der Waals surface area contributed by atoms with Gasteiger partial charge in [-0.25, -0.2) is 0 Å². The molecule has 0 bridgehead atoms. The molecule has 0 unspecified atom stereocenters. The molecule has 1 nitrogen and oxygen atoms in total. The van der Waals surface area contributed by atoms with Gasteiger partial charge >= 0.3 is 0 Å². The van der Waals surface area contributed by atoms with Crippen molar-refractivity contribution < 1.29 is 0 Å². The molecule has 0 N–H and O–H groups in total. The Morgan fingerprint density at radius 1 is 1.33 bits per heavy atom. The minimum atomic E-state index is 0. The molecular weight excluding hydrogens is 90.1 g/mol. The van der Waals surface area contributed by atoms with Gasteiger partial charge in [-0.15, -0.1) is 0 Å². The topological polar surface area (TPSA) is 3.24 Å². The normalized spacial score (nSPS) is 8.00. The molecular formula is C4H15NSi. The van der Waals surface area contributed by atoms with Gasteiger partial charge in [0.25, 0.3) is 0 Å². The van der Waals surface area contributed by atoms with Crippen molar-refractivity contribution in [3.63, 3.8) is 0 Å². The summed E-state index contributed by atoms with van der Waals surface area (Å²) >= 11 is 0. The quantitative estimate of drug-likeness (QED) is 0.391. The van der Waals surface area contributed by atoms with E-state index >= 15 is 0 Å². The smallest absolute Gasteiger partial charge is 0.00533 e. The highest BCUT2D eigenvalue weighted by molar-refractivity contribution is 5.75. The Morgan fingerprint density at radius 3 is 1.50 bits per heavy atom. The van der Waals surface area contributed by atoms with Crippen LogP contribution in [0, 0.1) is 0 Å². The fourth-order valence-corrected chi connectivity index (χ4v) is 0. The van der Waals surface area contributed by atoms with Gasteiger partial charge in [0.05, 0.1) is 0 Å². The number of hydrogen-bond acceptors (Lipinski definition) is 1. The molecule has 0 aromatic carbocycles. The van der Waals surface area contributed by atoms with E-state index in [1.165, 1.54) is 0 Å². The van der Waals surface area contributed by atoms with Crippen LogP contribution in [0.4, 0.5) is 0 Å². The highest BCUT2D eigenvalue weighted by Crippen LogP contribution is 1.63. The van der Waals surface area contributed by atoms with Crippen LogP contribution in [-0.4, -0.2) is 36.5 Å². The summed E-state index contributed by atoms with van der Waals surface area (Å²) in [6, 6.07) is 0. The predicted octanol–water partition coefficient (Wildman–Crippen LogP) is -0.884. The van der Waals surface area contributed by atoms with E-state index in [0.717, 1.165) is 6.54 Å². The average Bonchev–Trinajstić information content (AvgIpc) is 1.38. The van der Waals surface area contributed by atoms with Gasteiger partial charge < -0.3 is 4.90 Å². The first-order valence-corrected chi connectivity index (χ1v) is 1.92. The van der Waals surface area contributed by atoms with E-state index in [9.17, 15) is 0 Å². The zero-order chi connectivity index (χ0) is 4.28. The van der Waals surface area contributed by atoms with E-state index in [1.54, 1.807) is 0 Å². The van der Waals surface area contributed by atoms with Crippen LogP contribution >= 0.6 is 0 Å². The van der Waals surface area contributed by atoms with E-state index in [4.69, 9.17) is 0 Å². The maximum absolute atomic E-state index is 2.12. The SMILES string of the molecule is CCN(C)C.[SiH4]. The lowest BCUT2D eigenvalue weighted by Gasteiger charge is -2.00. The predicted molar refractivity (Wildman–Crippen MR) is 35.6 cm³/mol. The van der Waals surface area contributed by atoms with Crippen molar-refractivity contribution in [2.45, 2.75) is 6.92 Å². The van der Waals surface area contributed by atoms with Crippen LogP contribution in [0.25, 0.3) is 0 Å². The Hall–Kier alpha value is 0.177. The standard InChI is InChI=1S/C4H11N.H4Si/c1-4-5(2)3;/h4H2,1-3H3;1H4. The van der Waals surface area contributed by atoms with Gasteiger partial charge in [0.2, 0.25) is 0 Å². The lowest BCUT2D eigenvalue weighted by atomic mass is 10.7. The van der Waals surface area contributed by atoms with Crippen LogP contribution in [0.1, 0.15) is 6.92 Å². The van der Waals surface area contributed by atoms with Crippen LogP contribution in [0.3, 0.4) is 0 Å². The van der Waals surface area contributed by atoms with Gasteiger partial charge in [-0.2, -0.15) is 0 Å². The van der Waals surface area contributed by atoms with Crippen LogP contribution in [0.15, 0.2) is 0 Å². The van der Waals surface area contributed by atoms with Crippen molar-refractivity contribution in [1.29, 1.82) is 0 Å². The molecule has 0 amide bonds. The first-order valence-electron chi connectivity index (χ1n) is 1.92. The average molecular weight is 105 g/mol. The molecule has 0 radical (unpaired) electrons. The van der Waals surface area contributed by atoms with Crippen LogP contribution in [0.2, 0.25) is 0 Å². The molecule has 0 saturated heterocycles. The molecule has 0 saturated carbocycles. The largest absolute Gasteiger partial charge is 0.310 e. The zero-order valence-corrected chi connectivity index (χ0v) is 4.15. The molecule has 0 rings (SSSR count). The van der Waals surface area contributed by atoms with E-state index in [1.807, 2.05) is 0 Å². The molecule has 0 heterocycles. The summed E-state index contributed by atoms with van der Waals surface area (Å²) in [5.41, 5.74) is 0. The summed E-state index contributed by atoms with van der Waals surface area (Å²) in [6.45, 7) is 3.26. The molecule has 0 aliphatic carbocycles. The van der Waals surface area contributed by atoms with Crippen LogP contribution in [0.5, 0.6) is 0 Å². The third-order valence-corrected chi connectivity index (χ3v) is 0.632. The van der Waals surface area contributed by atoms with Gasteiger partial charge in [-0.05, 0) is 31.6 Å². The van der Waals surface area contributed by atoms with E-state index in [-0.39, 0.29) is 11.0 Å². The summed E-state index contributed by atoms with van der Waals surface area (Å²) in [6.07, 6.45) is 0. The molecule has 0 fully saturated rings. The molecule has 0 aromatic rings. The Labute approximate surface area is 44.4 Å². The third-order valence-electron chi connectivity index (χ3n) is 0.632. The summed E-state index contributed by atoms with van der Waals surface area (Å²) < 4.78 is 0. The Kier molecular flexibility index (Phi) is 8.19.